The van der Waals surface area contributed by atoms with Crippen LogP contribution in [0.2, 0.25) is 0 Å². The predicted molar refractivity (Wildman–Crippen MR) is 119 cm³/mol. The number of halogens is 1. The molecular weight excluding hydrogens is 447 g/mol. The van der Waals surface area contributed by atoms with Gasteiger partial charge in [0, 0.05) is 37.8 Å². The number of benzene rings is 2. The van der Waals surface area contributed by atoms with Gasteiger partial charge in [0.2, 0.25) is 27.6 Å². The minimum absolute atomic E-state index is 0.0530. The van der Waals surface area contributed by atoms with E-state index < -0.39 is 10.0 Å². The molecule has 1 unspecified atom stereocenters. The lowest BCUT2D eigenvalue weighted by atomic mass is 10.00. The monoisotopic (exact) mass is 470 g/mol. The second-order valence-electron chi connectivity index (χ2n) is 8.38. The first-order valence-electron chi connectivity index (χ1n) is 10.8. The van der Waals surface area contributed by atoms with Crippen LogP contribution in [0.4, 0.5) is 10.1 Å². The Hall–Kier alpha value is -3.11. The molecule has 0 radical (unpaired) electrons. The van der Waals surface area contributed by atoms with Gasteiger partial charge in [-0.2, -0.15) is 9.29 Å². The first-order chi connectivity index (χ1) is 15.8. The van der Waals surface area contributed by atoms with Crippen LogP contribution in [-0.2, 0) is 21.2 Å². The highest BCUT2D eigenvalue weighted by Gasteiger charge is 2.34. The molecule has 3 heterocycles. The van der Waals surface area contributed by atoms with E-state index >= 15 is 0 Å². The number of aromatic nitrogens is 2. The van der Waals surface area contributed by atoms with E-state index in [0.29, 0.717) is 43.2 Å². The van der Waals surface area contributed by atoms with Gasteiger partial charge in [-0.15, -0.1) is 0 Å². The lowest BCUT2D eigenvalue weighted by Gasteiger charge is -2.30. The summed E-state index contributed by atoms with van der Waals surface area (Å²) in [6.45, 7) is 2.72. The Labute approximate surface area is 191 Å². The number of hydrogen-bond acceptors (Lipinski definition) is 6. The van der Waals surface area contributed by atoms with Gasteiger partial charge in [0.1, 0.15) is 5.82 Å². The molecule has 0 N–H and O–H groups in total. The Bertz CT molecular complexity index is 1310. The molecule has 8 nitrogen and oxygen atoms in total. The second-order valence-corrected chi connectivity index (χ2v) is 10.3. The Morgan fingerprint density at radius 2 is 1.94 bits per heavy atom. The maximum Gasteiger partial charge on any atom is 0.243 e. The van der Waals surface area contributed by atoms with Crippen LogP contribution in [-0.4, -0.2) is 48.4 Å². The summed E-state index contributed by atoms with van der Waals surface area (Å²) >= 11 is 0. The number of amides is 1. The van der Waals surface area contributed by atoms with Crippen LogP contribution in [0.1, 0.15) is 37.1 Å². The minimum atomic E-state index is -3.71. The Balaban J connectivity index is 1.36. The van der Waals surface area contributed by atoms with E-state index in [0.717, 1.165) is 17.7 Å². The van der Waals surface area contributed by atoms with Gasteiger partial charge in [-0.1, -0.05) is 5.16 Å². The fourth-order valence-corrected chi connectivity index (χ4v) is 6.07. The zero-order chi connectivity index (χ0) is 23.2. The average molecular weight is 471 g/mol. The standard InChI is InChI=1S/C23H23FN4O4S/c1-15(29)28-12-10-17-13-20(8-9-21(17)28)33(30,31)27-11-2-3-18(14-27)23-25-22(26-32-23)16-4-6-19(24)7-5-16/h4-9,13,18H,2-3,10-12,14H2,1H3. The Morgan fingerprint density at radius 1 is 1.15 bits per heavy atom. The van der Waals surface area contributed by atoms with E-state index in [9.17, 15) is 17.6 Å². The van der Waals surface area contributed by atoms with E-state index in [4.69, 9.17) is 4.52 Å². The van der Waals surface area contributed by atoms with Crippen molar-refractivity contribution in [3.63, 3.8) is 0 Å². The van der Waals surface area contributed by atoms with E-state index in [1.807, 2.05) is 0 Å². The summed E-state index contributed by atoms with van der Waals surface area (Å²) in [5.41, 5.74) is 2.27. The van der Waals surface area contributed by atoms with Crippen LogP contribution in [0.5, 0.6) is 0 Å². The fourth-order valence-electron chi connectivity index (χ4n) is 4.49. The van der Waals surface area contributed by atoms with Crippen molar-refractivity contribution in [1.82, 2.24) is 14.4 Å². The molecule has 10 heteroatoms. The minimum Gasteiger partial charge on any atom is -0.339 e. The smallest absolute Gasteiger partial charge is 0.243 e. The summed E-state index contributed by atoms with van der Waals surface area (Å²) in [7, 11) is -3.71. The molecule has 33 heavy (non-hydrogen) atoms. The van der Waals surface area contributed by atoms with Crippen molar-refractivity contribution in [2.75, 3.05) is 24.5 Å². The quantitative estimate of drug-likeness (QED) is 0.580. The Morgan fingerprint density at radius 3 is 2.70 bits per heavy atom. The number of piperidine rings is 1. The maximum atomic E-state index is 13.4. The van der Waals surface area contributed by atoms with Gasteiger partial charge in [0.15, 0.2) is 0 Å². The lowest BCUT2D eigenvalue weighted by molar-refractivity contribution is -0.116. The predicted octanol–water partition coefficient (Wildman–Crippen LogP) is 3.35. The van der Waals surface area contributed by atoms with Crippen LogP contribution in [0.15, 0.2) is 51.9 Å². The second kappa shape index (κ2) is 8.35. The van der Waals surface area contributed by atoms with Crippen molar-refractivity contribution in [3.8, 4) is 11.4 Å². The molecule has 0 aliphatic carbocycles. The molecule has 2 aliphatic rings. The molecule has 1 amide bonds. The number of anilines is 1. The summed E-state index contributed by atoms with van der Waals surface area (Å²) in [4.78, 5) is 18.1. The van der Waals surface area contributed by atoms with Gasteiger partial charge in [0.25, 0.3) is 0 Å². The van der Waals surface area contributed by atoms with Crippen LogP contribution < -0.4 is 4.90 Å². The molecule has 2 aliphatic heterocycles. The van der Waals surface area contributed by atoms with E-state index in [-0.39, 0.29) is 29.1 Å². The van der Waals surface area contributed by atoms with Gasteiger partial charge >= 0.3 is 0 Å². The van der Waals surface area contributed by atoms with E-state index in [2.05, 4.69) is 10.1 Å². The highest BCUT2D eigenvalue weighted by Crippen LogP contribution is 2.34. The molecule has 3 aromatic rings. The summed E-state index contributed by atoms with van der Waals surface area (Å²) in [6.07, 6.45) is 2.03. The summed E-state index contributed by atoms with van der Waals surface area (Å²) < 4.78 is 46.8. The van der Waals surface area contributed by atoms with Gasteiger partial charge in [-0.25, -0.2) is 12.8 Å². The molecule has 0 bridgehead atoms. The third-order valence-electron chi connectivity index (χ3n) is 6.24. The van der Waals surface area contributed by atoms with Crippen molar-refractivity contribution in [2.45, 2.75) is 37.0 Å². The zero-order valence-corrected chi connectivity index (χ0v) is 18.9. The maximum absolute atomic E-state index is 13.4. The number of rotatable bonds is 4. The number of hydrogen-bond donors (Lipinski definition) is 0. The normalized spacial score (nSPS) is 19.0. The third kappa shape index (κ3) is 4.04. The van der Waals surface area contributed by atoms with Gasteiger partial charge in [0.05, 0.1) is 10.8 Å². The van der Waals surface area contributed by atoms with Crippen LogP contribution in [0.25, 0.3) is 11.4 Å². The summed E-state index contributed by atoms with van der Waals surface area (Å²) in [6, 6.07) is 10.8. The number of carbonyl (C=O) groups excluding carboxylic acids is 1. The SMILES string of the molecule is CC(=O)N1CCc2cc(S(=O)(=O)N3CCCC(c4nc(-c5ccc(F)cc5)no4)C3)ccc21. The number of carbonyl (C=O) groups is 1. The van der Waals surface area contributed by atoms with Gasteiger partial charge in [-0.05, 0) is 67.3 Å². The van der Waals surface area contributed by atoms with Crippen molar-refractivity contribution in [3.05, 3.63) is 59.7 Å². The molecular formula is C23H23FN4O4S. The molecule has 1 saturated heterocycles. The third-order valence-corrected chi connectivity index (χ3v) is 8.10. The number of fused-ring (bicyclic) bond motifs is 1. The van der Waals surface area contributed by atoms with Gasteiger partial charge < -0.3 is 9.42 Å². The zero-order valence-electron chi connectivity index (χ0n) is 18.1. The summed E-state index contributed by atoms with van der Waals surface area (Å²) in [5, 5.41) is 3.99. The fraction of sp³-hybridized carbons (Fsp3) is 0.348. The van der Waals surface area contributed by atoms with Crippen molar-refractivity contribution >= 4 is 21.6 Å². The number of nitrogens with zero attached hydrogens (tertiary/aromatic N) is 4. The highest BCUT2D eigenvalue weighted by atomic mass is 32.2. The largest absolute Gasteiger partial charge is 0.339 e. The molecule has 0 spiro atoms. The first kappa shape index (κ1) is 21.7. The molecule has 1 atom stereocenters. The van der Waals surface area contributed by atoms with Crippen molar-refractivity contribution < 1.29 is 22.1 Å². The molecule has 172 valence electrons. The molecule has 2 aromatic carbocycles. The highest BCUT2D eigenvalue weighted by molar-refractivity contribution is 7.89. The van der Waals surface area contributed by atoms with Crippen LogP contribution in [0.3, 0.4) is 0 Å². The molecule has 1 fully saturated rings. The average Bonchev–Trinajstić information content (AvgIpc) is 3.47. The number of sulfonamides is 1. The van der Waals surface area contributed by atoms with Crippen molar-refractivity contribution in [2.24, 2.45) is 0 Å². The Kier molecular flexibility index (Phi) is 5.49. The topological polar surface area (TPSA) is 96.6 Å². The molecule has 5 rings (SSSR count). The summed E-state index contributed by atoms with van der Waals surface area (Å²) in [5.74, 6) is 0.0932. The van der Waals surface area contributed by atoms with Gasteiger partial charge in [-0.3, -0.25) is 4.79 Å². The van der Waals surface area contributed by atoms with E-state index in [1.54, 1.807) is 35.2 Å². The van der Waals surface area contributed by atoms with E-state index in [1.165, 1.54) is 23.4 Å². The molecule has 1 aromatic heterocycles. The van der Waals surface area contributed by atoms with Crippen LogP contribution in [0, 0.1) is 5.82 Å². The molecule has 0 saturated carbocycles. The lowest BCUT2D eigenvalue weighted by Crippen LogP contribution is -2.39. The van der Waals surface area contributed by atoms with Crippen molar-refractivity contribution in [1.29, 1.82) is 0 Å². The first-order valence-corrected chi connectivity index (χ1v) is 12.3. The van der Waals surface area contributed by atoms with Crippen LogP contribution >= 0.6 is 0 Å².